The van der Waals surface area contributed by atoms with Gasteiger partial charge in [0.15, 0.2) is 0 Å². The Kier molecular flexibility index (Phi) is 11.7. The topological polar surface area (TPSA) is 55.8 Å². The van der Waals surface area contributed by atoms with E-state index >= 15 is 0 Å². The highest BCUT2D eigenvalue weighted by Gasteiger charge is 2.13. The van der Waals surface area contributed by atoms with Crippen molar-refractivity contribution >= 4 is 18.0 Å². The van der Waals surface area contributed by atoms with Crippen LogP contribution < -0.4 is 4.74 Å². The van der Waals surface area contributed by atoms with Gasteiger partial charge in [-0.25, -0.2) is 0 Å². The van der Waals surface area contributed by atoms with Crippen LogP contribution in [0.15, 0.2) is 30.3 Å². The molecule has 27 heavy (non-hydrogen) atoms. The highest BCUT2D eigenvalue weighted by atomic mass is 16.5. The van der Waals surface area contributed by atoms with Crippen LogP contribution in [0.4, 0.5) is 0 Å². The van der Waals surface area contributed by atoms with Crippen molar-refractivity contribution in [2.24, 2.45) is 0 Å². The molecule has 0 saturated heterocycles. The number of hydrogen-bond acceptors (Lipinski definition) is 4. The standard InChI is InChI=1S/C22H33NO4/c1-4-7-8-9-17-23(18-16-22(25)27-6-3)21(24)15-12-19-10-13-20(14-11-19)26-5-2/h10-15H,4-9,16-18H2,1-3H3/b15-12+. The summed E-state index contributed by atoms with van der Waals surface area (Å²) in [5, 5.41) is 0. The van der Waals surface area contributed by atoms with Crippen LogP contribution in [0, 0.1) is 0 Å². The van der Waals surface area contributed by atoms with E-state index in [1.807, 2.05) is 31.2 Å². The van der Waals surface area contributed by atoms with Crippen LogP contribution >= 0.6 is 0 Å². The number of benzene rings is 1. The van der Waals surface area contributed by atoms with E-state index in [0.29, 0.717) is 26.3 Å². The molecule has 0 fully saturated rings. The molecule has 1 aromatic carbocycles. The SMILES string of the molecule is CCCCCCN(CCC(=O)OCC)C(=O)/C=C/c1ccc(OCC)cc1. The summed E-state index contributed by atoms with van der Waals surface area (Å²) in [6, 6.07) is 7.60. The molecule has 0 radical (unpaired) electrons. The first-order valence-electron chi connectivity index (χ1n) is 9.96. The minimum atomic E-state index is -0.264. The molecule has 0 aliphatic heterocycles. The number of hydrogen-bond donors (Lipinski definition) is 0. The average Bonchev–Trinajstić information content (AvgIpc) is 2.67. The molecule has 5 nitrogen and oxygen atoms in total. The molecule has 0 aromatic heterocycles. The summed E-state index contributed by atoms with van der Waals surface area (Å²) >= 11 is 0. The lowest BCUT2D eigenvalue weighted by molar-refractivity contribution is -0.143. The van der Waals surface area contributed by atoms with Gasteiger partial charge >= 0.3 is 5.97 Å². The second-order valence-electron chi connectivity index (χ2n) is 6.28. The van der Waals surface area contributed by atoms with Gasteiger partial charge in [-0.15, -0.1) is 0 Å². The minimum absolute atomic E-state index is 0.0790. The van der Waals surface area contributed by atoms with E-state index in [4.69, 9.17) is 9.47 Å². The van der Waals surface area contributed by atoms with Crippen LogP contribution in [0.1, 0.15) is 58.4 Å². The Labute approximate surface area is 163 Å². The number of ether oxygens (including phenoxy) is 2. The maximum absolute atomic E-state index is 12.6. The fourth-order valence-electron chi connectivity index (χ4n) is 2.64. The smallest absolute Gasteiger partial charge is 0.307 e. The number of carbonyl (C=O) groups excluding carboxylic acids is 2. The maximum Gasteiger partial charge on any atom is 0.307 e. The van der Waals surface area contributed by atoms with Crippen molar-refractivity contribution < 1.29 is 19.1 Å². The Bertz CT molecular complexity index is 580. The van der Waals surface area contributed by atoms with Gasteiger partial charge in [0.2, 0.25) is 5.91 Å². The predicted octanol–water partition coefficient (Wildman–Crippen LogP) is 4.46. The van der Waals surface area contributed by atoms with E-state index in [9.17, 15) is 9.59 Å². The molecule has 1 amide bonds. The van der Waals surface area contributed by atoms with Crippen molar-refractivity contribution in [3.05, 3.63) is 35.9 Å². The fraction of sp³-hybridized carbons (Fsp3) is 0.545. The van der Waals surface area contributed by atoms with Gasteiger partial charge in [0.1, 0.15) is 5.75 Å². The largest absolute Gasteiger partial charge is 0.494 e. The Balaban J connectivity index is 2.64. The van der Waals surface area contributed by atoms with Gasteiger partial charge in [0.25, 0.3) is 0 Å². The molecule has 0 unspecified atom stereocenters. The lowest BCUT2D eigenvalue weighted by atomic mass is 10.2. The van der Waals surface area contributed by atoms with Gasteiger partial charge in [-0.1, -0.05) is 38.3 Å². The summed E-state index contributed by atoms with van der Waals surface area (Å²) in [4.78, 5) is 25.9. The van der Waals surface area contributed by atoms with Crippen LogP contribution in [0.25, 0.3) is 6.08 Å². The van der Waals surface area contributed by atoms with Gasteiger partial charge in [0, 0.05) is 19.2 Å². The molecular weight excluding hydrogens is 342 g/mol. The molecule has 0 N–H and O–H groups in total. The molecule has 0 aliphatic rings. The summed E-state index contributed by atoms with van der Waals surface area (Å²) in [6.07, 6.45) is 7.92. The molecule has 0 spiro atoms. The first-order valence-corrected chi connectivity index (χ1v) is 9.96. The number of carbonyl (C=O) groups is 2. The lowest BCUT2D eigenvalue weighted by Crippen LogP contribution is -2.33. The molecule has 5 heteroatoms. The van der Waals surface area contributed by atoms with Crippen LogP contribution in [0.3, 0.4) is 0 Å². The second kappa shape index (κ2) is 13.8. The molecular formula is C22H33NO4. The summed E-state index contributed by atoms with van der Waals surface area (Å²) in [7, 11) is 0. The van der Waals surface area contributed by atoms with Crippen molar-refractivity contribution in [3.8, 4) is 5.75 Å². The molecule has 1 rings (SSSR count). The Morgan fingerprint density at radius 1 is 0.963 bits per heavy atom. The highest BCUT2D eigenvalue weighted by Crippen LogP contribution is 2.13. The molecule has 0 saturated carbocycles. The number of unbranched alkanes of at least 4 members (excludes halogenated alkanes) is 3. The third-order valence-corrected chi connectivity index (χ3v) is 4.09. The number of nitrogens with zero attached hydrogens (tertiary/aromatic N) is 1. The van der Waals surface area contributed by atoms with E-state index in [1.54, 1.807) is 24.0 Å². The van der Waals surface area contributed by atoms with Crippen LogP contribution in [0.5, 0.6) is 5.75 Å². The monoisotopic (exact) mass is 375 g/mol. The summed E-state index contributed by atoms with van der Waals surface area (Å²) in [5.41, 5.74) is 0.933. The first-order chi connectivity index (χ1) is 13.1. The lowest BCUT2D eigenvalue weighted by Gasteiger charge is -2.21. The van der Waals surface area contributed by atoms with E-state index in [1.165, 1.54) is 0 Å². The van der Waals surface area contributed by atoms with E-state index in [0.717, 1.165) is 37.0 Å². The van der Waals surface area contributed by atoms with Crippen molar-refractivity contribution in [1.29, 1.82) is 0 Å². The maximum atomic E-state index is 12.6. The number of amides is 1. The molecule has 0 atom stereocenters. The summed E-state index contributed by atoms with van der Waals surface area (Å²) in [5.74, 6) is 0.469. The fourth-order valence-corrected chi connectivity index (χ4v) is 2.64. The molecule has 150 valence electrons. The Morgan fingerprint density at radius 2 is 1.70 bits per heavy atom. The Morgan fingerprint density at radius 3 is 2.33 bits per heavy atom. The van der Waals surface area contributed by atoms with Crippen LogP contribution in [-0.4, -0.2) is 43.1 Å². The predicted molar refractivity (Wildman–Crippen MR) is 109 cm³/mol. The van der Waals surface area contributed by atoms with Crippen molar-refractivity contribution in [2.45, 2.75) is 52.9 Å². The van der Waals surface area contributed by atoms with Gasteiger partial charge in [-0.05, 0) is 44.0 Å². The van der Waals surface area contributed by atoms with Gasteiger partial charge < -0.3 is 14.4 Å². The van der Waals surface area contributed by atoms with Crippen molar-refractivity contribution in [1.82, 2.24) is 4.90 Å². The van der Waals surface area contributed by atoms with Gasteiger partial charge in [0.05, 0.1) is 19.6 Å². The van der Waals surface area contributed by atoms with E-state index in [-0.39, 0.29) is 18.3 Å². The molecule has 1 aromatic rings. The Hall–Kier alpha value is -2.30. The van der Waals surface area contributed by atoms with Crippen molar-refractivity contribution in [3.63, 3.8) is 0 Å². The first kappa shape index (κ1) is 22.7. The quantitative estimate of drug-likeness (QED) is 0.290. The average molecular weight is 376 g/mol. The molecule has 0 heterocycles. The zero-order valence-electron chi connectivity index (χ0n) is 16.9. The van der Waals surface area contributed by atoms with Crippen LogP contribution in [-0.2, 0) is 14.3 Å². The highest BCUT2D eigenvalue weighted by molar-refractivity contribution is 5.92. The third-order valence-electron chi connectivity index (χ3n) is 4.09. The number of rotatable bonds is 13. The molecule has 0 aliphatic carbocycles. The number of esters is 1. The van der Waals surface area contributed by atoms with Crippen LogP contribution in [0.2, 0.25) is 0 Å². The zero-order valence-corrected chi connectivity index (χ0v) is 16.9. The minimum Gasteiger partial charge on any atom is -0.494 e. The van der Waals surface area contributed by atoms with E-state index < -0.39 is 0 Å². The van der Waals surface area contributed by atoms with E-state index in [2.05, 4.69) is 6.92 Å². The summed E-state index contributed by atoms with van der Waals surface area (Å²) < 4.78 is 10.4. The second-order valence-corrected chi connectivity index (χ2v) is 6.28. The summed E-state index contributed by atoms with van der Waals surface area (Å²) in [6.45, 7) is 7.91. The van der Waals surface area contributed by atoms with Gasteiger partial charge in [-0.2, -0.15) is 0 Å². The normalized spacial score (nSPS) is 10.8. The molecule has 0 bridgehead atoms. The zero-order chi connectivity index (χ0) is 19.9. The third kappa shape index (κ3) is 9.83. The van der Waals surface area contributed by atoms with Crippen molar-refractivity contribution in [2.75, 3.05) is 26.3 Å². The van der Waals surface area contributed by atoms with Gasteiger partial charge in [-0.3, -0.25) is 9.59 Å².